The molecule has 1 fully saturated rings. The lowest BCUT2D eigenvalue weighted by molar-refractivity contribution is 0.476. The van der Waals surface area contributed by atoms with Gasteiger partial charge in [0.1, 0.15) is 5.82 Å². The number of anilines is 1. The Hall–Kier alpha value is -1.92. The van der Waals surface area contributed by atoms with Gasteiger partial charge in [0.2, 0.25) is 5.95 Å². The average molecular weight is 405 g/mol. The summed E-state index contributed by atoms with van der Waals surface area (Å²) in [6.45, 7) is 2.75. The first kappa shape index (κ1) is 17.9. The van der Waals surface area contributed by atoms with E-state index in [1.807, 2.05) is 30.3 Å². The van der Waals surface area contributed by atoms with Crippen LogP contribution in [0.3, 0.4) is 0 Å². The highest BCUT2D eigenvalue weighted by Gasteiger charge is 2.17. The van der Waals surface area contributed by atoms with Crippen LogP contribution in [-0.2, 0) is 6.54 Å². The average Bonchev–Trinajstić information content (AvgIpc) is 2.95. The Morgan fingerprint density at radius 1 is 1.08 bits per heavy atom. The number of halogens is 2. The fraction of sp³-hybridized carbons (Fsp3) is 0.316. The number of nitrogens with zero attached hydrogens (tertiary/aromatic N) is 2. The van der Waals surface area contributed by atoms with Crippen LogP contribution in [0, 0.1) is 5.82 Å². The third-order valence-corrected chi connectivity index (χ3v) is 4.58. The monoisotopic (exact) mass is 404 g/mol. The number of hydrogen-bond acceptors (Lipinski definition) is 3. The van der Waals surface area contributed by atoms with Crippen LogP contribution in [0.4, 0.5) is 10.3 Å². The van der Waals surface area contributed by atoms with Gasteiger partial charge in [-0.3, -0.25) is 0 Å². The van der Waals surface area contributed by atoms with E-state index in [2.05, 4.69) is 21.3 Å². The van der Waals surface area contributed by atoms with Crippen LogP contribution in [0.2, 0.25) is 0 Å². The molecule has 0 aliphatic carbocycles. The van der Waals surface area contributed by atoms with Crippen molar-refractivity contribution >= 4 is 34.0 Å². The molecule has 0 unspecified atom stereocenters. The van der Waals surface area contributed by atoms with Gasteiger partial charge in [-0.15, -0.1) is 17.0 Å². The molecule has 132 valence electrons. The molecular weight excluding hydrogens is 383 g/mol. The smallest absolute Gasteiger partial charge is 0.204 e. The van der Waals surface area contributed by atoms with E-state index in [0.29, 0.717) is 12.6 Å². The van der Waals surface area contributed by atoms with Crippen molar-refractivity contribution in [3.8, 4) is 0 Å². The standard InChI is InChI=1S/C19H21FN4.BrH/c20-15-7-5-14(6-8-15)13-24-18-4-2-1-3-17(18)23-19(24)22-16-9-11-21-12-10-16;/h1-8,16,21H,9-13H2,(H,22,23);1H. The van der Waals surface area contributed by atoms with Crippen molar-refractivity contribution in [3.63, 3.8) is 0 Å². The van der Waals surface area contributed by atoms with E-state index in [9.17, 15) is 4.39 Å². The van der Waals surface area contributed by atoms with Crippen molar-refractivity contribution in [3.05, 3.63) is 59.9 Å². The molecular formula is C19H22BrFN4. The fourth-order valence-corrected chi connectivity index (χ4v) is 3.27. The molecule has 4 rings (SSSR count). The molecule has 0 atom stereocenters. The third-order valence-electron chi connectivity index (χ3n) is 4.58. The number of benzene rings is 2. The maximum atomic E-state index is 13.2. The highest BCUT2D eigenvalue weighted by Crippen LogP contribution is 2.23. The molecule has 6 heteroatoms. The fourth-order valence-electron chi connectivity index (χ4n) is 3.27. The highest BCUT2D eigenvalue weighted by atomic mass is 79.9. The van der Waals surface area contributed by atoms with Gasteiger partial charge in [-0.05, 0) is 55.8 Å². The second kappa shape index (κ2) is 7.97. The number of para-hydroxylation sites is 2. The molecule has 0 amide bonds. The van der Waals surface area contributed by atoms with Gasteiger partial charge in [-0.1, -0.05) is 24.3 Å². The summed E-state index contributed by atoms with van der Waals surface area (Å²) in [5.41, 5.74) is 3.14. The minimum Gasteiger partial charge on any atom is -0.353 e. The number of hydrogen-bond donors (Lipinski definition) is 2. The molecule has 3 aromatic rings. The Balaban J connectivity index is 0.00000182. The quantitative estimate of drug-likeness (QED) is 0.691. The van der Waals surface area contributed by atoms with E-state index in [1.54, 1.807) is 0 Å². The first-order valence-electron chi connectivity index (χ1n) is 8.46. The summed E-state index contributed by atoms with van der Waals surface area (Å²) in [6.07, 6.45) is 2.19. The van der Waals surface area contributed by atoms with Crippen LogP contribution in [-0.4, -0.2) is 28.7 Å². The van der Waals surface area contributed by atoms with Gasteiger partial charge in [0, 0.05) is 6.04 Å². The van der Waals surface area contributed by atoms with Crippen LogP contribution >= 0.6 is 17.0 Å². The van der Waals surface area contributed by atoms with Gasteiger partial charge in [0.05, 0.1) is 17.6 Å². The molecule has 1 aliphatic rings. The molecule has 0 radical (unpaired) electrons. The van der Waals surface area contributed by atoms with E-state index in [0.717, 1.165) is 48.5 Å². The van der Waals surface area contributed by atoms with E-state index in [1.165, 1.54) is 12.1 Å². The molecule has 2 heterocycles. The predicted molar refractivity (Wildman–Crippen MR) is 105 cm³/mol. The van der Waals surface area contributed by atoms with Gasteiger partial charge in [-0.25, -0.2) is 9.37 Å². The highest BCUT2D eigenvalue weighted by molar-refractivity contribution is 8.93. The zero-order valence-corrected chi connectivity index (χ0v) is 15.6. The van der Waals surface area contributed by atoms with Gasteiger partial charge in [0.15, 0.2) is 0 Å². The maximum absolute atomic E-state index is 13.2. The lowest BCUT2D eigenvalue weighted by Gasteiger charge is -2.24. The summed E-state index contributed by atoms with van der Waals surface area (Å²) in [5.74, 6) is 0.690. The SMILES string of the molecule is Br.Fc1ccc(Cn2c(NC3CCNCC3)nc3ccccc32)cc1. The Labute approximate surface area is 157 Å². The van der Waals surface area contributed by atoms with Crippen LogP contribution in [0.5, 0.6) is 0 Å². The minimum absolute atomic E-state index is 0. The summed E-state index contributed by atoms with van der Waals surface area (Å²) < 4.78 is 15.4. The molecule has 0 bridgehead atoms. The number of rotatable bonds is 4. The summed E-state index contributed by atoms with van der Waals surface area (Å²) in [4.78, 5) is 4.78. The van der Waals surface area contributed by atoms with Gasteiger partial charge >= 0.3 is 0 Å². The van der Waals surface area contributed by atoms with E-state index in [4.69, 9.17) is 4.98 Å². The topological polar surface area (TPSA) is 41.9 Å². The molecule has 1 aromatic heterocycles. The largest absolute Gasteiger partial charge is 0.353 e. The van der Waals surface area contributed by atoms with Gasteiger partial charge in [-0.2, -0.15) is 0 Å². The second-order valence-electron chi connectivity index (χ2n) is 6.31. The van der Waals surface area contributed by atoms with Crippen molar-refractivity contribution in [2.75, 3.05) is 18.4 Å². The minimum atomic E-state index is -0.206. The number of nitrogens with one attached hydrogen (secondary N) is 2. The zero-order valence-electron chi connectivity index (χ0n) is 13.9. The van der Waals surface area contributed by atoms with Crippen molar-refractivity contribution in [1.29, 1.82) is 0 Å². The molecule has 0 saturated carbocycles. The van der Waals surface area contributed by atoms with Crippen LogP contribution in [0.1, 0.15) is 18.4 Å². The molecule has 1 saturated heterocycles. The summed E-state index contributed by atoms with van der Waals surface area (Å²) in [5, 5.41) is 6.99. The molecule has 0 spiro atoms. The molecule has 25 heavy (non-hydrogen) atoms. The zero-order chi connectivity index (χ0) is 16.4. The van der Waals surface area contributed by atoms with E-state index >= 15 is 0 Å². The Bertz CT molecular complexity index is 825. The molecule has 2 N–H and O–H groups in total. The lowest BCUT2D eigenvalue weighted by atomic mass is 10.1. The summed E-state index contributed by atoms with van der Waals surface area (Å²) in [6, 6.07) is 15.3. The van der Waals surface area contributed by atoms with Crippen LogP contribution in [0.25, 0.3) is 11.0 Å². The lowest BCUT2D eigenvalue weighted by Crippen LogP contribution is -2.36. The van der Waals surface area contributed by atoms with E-state index in [-0.39, 0.29) is 22.8 Å². The summed E-state index contributed by atoms with van der Waals surface area (Å²) in [7, 11) is 0. The van der Waals surface area contributed by atoms with Crippen molar-refractivity contribution in [1.82, 2.24) is 14.9 Å². The summed E-state index contributed by atoms with van der Waals surface area (Å²) >= 11 is 0. The Morgan fingerprint density at radius 2 is 1.80 bits per heavy atom. The first-order chi connectivity index (χ1) is 11.8. The van der Waals surface area contributed by atoms with E-state index < -0.39 is 0 Å². The van der Waals surface area contributed by atoms with Crippen LogP contribution in [0.15, 0.2) is 48.5 Å². The van der Waals surface area contributed by atoms with Crippen molar-refractivity contribution in [2.45, 2.75) is 25.4 Å². The maximum Gasteiger partial charge on any atom is 0.204 e. The van der Waals surface area contributed by atoms with Crippen molar-refractivity contribution < 1.29 is 4.39 Å². The first-order valence-corrected chi connectivity index (χ1v) is 8.46. The molecule has 4 nitrogen and oxygen atoms in total. The Kier molecular flexibility index (Phi) is 5.71. The van der Waals surface area contributed by atoms with Gasteiger partial charge < -0.3 is 15.2 Å². The third kappa shape index (κ3) is 4.02. The van der Waals surface area contributed by atoms with Crippen molar-refractivity contribution in [2.24, 2.45) is 0 Å². The normalized spacial score (nSPS) is 15.1. The van der Waals surface area contributed by atoms with Crippen LogP contribution < -0.4 is 10.6 Å². The molecule has 2 aromatic carbocycles. The molecule has 1 aliphatic heterocycles. The van der Waals surface area contributed by atoms with Gasteiger partial charge in [0.25, 0.3) is 0 Å². The number of imidazole rings is 1. The second-order valence-corrected chi connectivity index (χ2v) is 6.31. The Morgan fingerprint density at radius 3 is 2.56 bits per heavy atom. The number of fused-ring (bicyclic) bond motifs is 1. The predicted octanol–water partition coefficient (Wildman–Crippen LogP) is 3.97. The number of piperidine rings is 1. The number of aromatic nitrogens is 2.